The molecule has 0 aliphatic rings. The molecule has 0 aliphatic carbocycles. The Morgan fingerprint density at radius 1 is 1.85 bits per heavy atom. The fraction of sp³-hybridized carbons (Fsp3) is 0.500. The van der Waals surface area contributed by atoms with Crippen LogP contribution in [-0.4, -0.2) is 17.6 Å². The maximum Gasteiger partial charge on any atom is 0.332 e. The van der Waals surface area contributed by atoms with Gasteiger partial charge in [0.2, 0.25) is 5.89 Å². The largest absolute Gasteiger partial charge is 0.465 e. The normalized spacial score (nSPS) is 15.0. The van der Waals surface area contributed by atoms with Gasteiger partial charge in [0.25, 0.3) is 0 Å². The summed E-state index contributed by atoms with van der Waals surface area (Å²) in [4.78, 5) is 15.3. The minimum atomic E-state index is -0.994. The molecule has 0 aromatic carbocycles. The molecule has 5 heteroatoms. The Morgan fingerprint density at radius 2 is 2.54 bits per heavy atom. The Kier molecular flexibility index (Phi) is 3.08. The predicted molar refractivity (Wildman–Crippen MR) is 49.4 cm³/mol. The second-order valence-electron chi connectivity index (χ2n) is 2.56. The first-order valence-electron chi connectivity index (χ1n) is 3.85. The van der Waals surface area contributed by atoms with Crippen molar-refractivity contribution in [2.24, 2.45) is 0 Å². The van der Waals surface area contributed by atoms with E-state index < -0.39 is 10.3 Å². The highest BCUT2D eigenvalue weighted by molar-refractivity contribution is 9.10. The molecule has 1 aromatic rings. The Labute approximate surface area is 84.4 Å². The zero-order valence-corrected chi connectivity index (χ0v) is 9.00. The summed E-state index contributed by atoms with van der Waals surface area (Å²) in [5.41, 5.74) is 0. The SMILES string of the molecule is CCOC(=O)C(C)(Br)c1ncco1. The summed E-state index contributed by atoms with van der Waals surface area (Å²) >= 11 is 3.20. The third kappa shape index (κ3) is 2.09. The van der Waals surface area contributed by atoms with E-state index >= 15 is 0 Å². The number of carbonyl (C=O) groups is 1. The molecule has 0 N–H and O–H groups in total. The molecule has 1 heterocycles. The highest BCUT2D eigenvalue weighted by Crippen LogP contribution is 2.30. The number of hydrogen-bond acceptors (Lipinski definition) is 4. The molecule has 1 atom stereocenters. The summed E-state index contributed by atoms with van der Waals surface area (Å²) in [7, 11) is 0. The summed E-state index contributed by atoms with van der Waals surface area (Å²) in [6.45, 7) is 3.72. The number of ether oxygens (including phenoxy) is 1. The topological polar surface area (TPSA) is 52.3 Å². The van der Waals surface area contributed by atoms with Crippen LogP contribution in [0.2, 0.25) is 0 Å². The number of esters is 1. The van der Waals surface area contributed by atoms with Crippen molar-refractivity contribution in [1.29, 1.82) is 0 Å². The molecule has 72 valence electrons. The van der Waals surface area contributed by atoms with Crippen LogP contribution in [0.25, 0.3) is 0 Å². The van der Waals surface area contributed by atoms with Crippen molar-refractivity contribution >= 4 is 21.9 Å². The number of aromatic nitrogens is 1. The van der Waals surface area contributed by atoms with E-state index in [1.54, 1.807) is 13.8 Å². The molecule has 4 nitrogen and oxygen atoms in total. The van der Waals surface area contributed by atoms with E-state index in [2.05, 4.69) is 20.9 Å². The molecule has 1 aromatic heterocycles. The fourth-order valence-electron chi connectivity index (χ4n) is 0.809. The Morgan fingerprint density at radius 3 is 3.00 bits per heavy atom. The first-order valence-corrected chi connectivity index (χ1v) is 4.64. The minimum Gasteiger partial charge on any atom is -0.465 e. The second kappa shape index (κ2) is 3.91. The molecule has 1 rings (SSSR count). The van der Waals surface area contributed by atoms with E-state index in [0.717, 1.165) is 0 Å². The Bertz CT molecular complexity index is 282. The van der Waals surface area contributed by atoms with Crippen LogP contribution in [-0.2, 0) is 13.9 Å². The van der Waals surface area contributed by atoms with Crippen molar-refractivity contribution in [2.45, 2.75) is 18.2 Å². The molecule has 0 bridgehead atoms. The molecular weight excluding hydrogens is 238 g/mol. The van der Waals surface area contributed by atoms with E-state index in [4.69, 9.17) is 9.15 Å². The van der Waals surface area contributed by atoms with Gasteiger partial charge >= 0.3 is 5.97 Å². The van der Waals surface area contributed by atoms with E-state index in [-0.39, 0.29) is 0 Å². The molecule has 0 spiro atoms. The zero-order valence-electron chi connectivity index (χ0n) is 7.41. The highest BCUT2D eigenvalue weighted by Gasteiger charge is 2.38. The maximum absolute atomic E-state index is 11.4. The van der Waals surface area contributed by atoms with Crippen LogP contribution in [0.5, 0.6) is 0 Å². The predicted octanol–water partition coefficient (Wildman–Crippen LogP) is 1.85. The van der Waals surface area contributed by atoms with Gasteiger partial charge in [-0.05, 0) is 13.8 Å². The van der Waals surface area contributed by atoms with Crippen LogP contribution >= 0.6 is 15.9 Å². The molecular formula is C8H10BrNO3. The number of halogens is 1. The van der Waals surface area contributed by atoms with Gasteiger partial charge in [-0.25, -0.2) is 9.78 Å². The number of alkyl halides is 1. The van der Waals surface area contributed by atoms with Gasteiger partial charge in [-0.15, -0.1) is 0 Å². The number of oxazole rings is 1. The Balaban J connectivity index is 2.82. The average Bonchev–Trinajstić information content (AvgIpc) is 2.56. The van der Waals surface area contributed by atoms with Crippen LogP contribution < -0.4 is 0 Å². The van der Waals surface area contributed by atoms with E-state index in [1.165, 1.54) is 12.5 Å². The second-order valence-corrected chi connectivity index (χ2v) is 4.15. The molecule has 0 fully saturated rings. The van der Waals surface area contributed by atoms with Crippen LogP contribution in [0, 0.1) is 0 Å². The van der Waals surface area contributed by atoms with Crippen molar-refractivity contribution in [1.82, 2.24) is 4.98 Å². The standard InChI is InChI=1S/C8H10BrNO3/c1-3-12-7(11)8(2,9)6-10-4-5-13-6/h4-5H,3H2,1-2H3. The van der Waals surface area contributed by atoms with Gasteiger partial charge in [-0.2, -0.15) is 0 Å². The lowest BCUT2D eigenvalue weighted by Gasteiger charge is -2.15. The zero-order chi connectivity index (χ0) is 9.90. The fourth-order valence-corrected chi connectivity index (χ4v) is 1.12. The van der Waals surface area contributed by atoms with Crippen molar-refractivity contribution in [3.05, 3.63) is 18.4 Å². The smallest absolute Gasteiger partial charge is 0.332 e. The van der Waals surface area contributed by atoms with Crippen molar-refractivity contribution < 1.29 is 13.9 Å². The average molecular weight is 248 g/mol. The number of rotatable bonds is 3. The first kappa shape index (κ1) is 10.2. The summed E-state index contributed by atoms with van der Waals surface area (Å²) in [6.07, 6.45) is 2.89. The van der Waals surface area contributed by atoms with Gasteiger partial charge in [0, 0.05) is 0 Å². The molecule has 0 amide bonds. The summed E-state index contributed by atoms with van der Waals surface area (Å²) in [5.74, 6) is -0.108. The van der Waals surface area contributed by atoms with E-state index in [1.807, 2.05) is 0 Å². The molecule has 1 unspecified atom stereocenters. The molecule has 0 radical (unpaired) electrons. The van der Waals surface area contributed by atoms with Crippen molar-refractivity contribution in [2.75, 3.05) is 6.61 Å². The molecule has 0 saturated carbocycles. The summed E-state index contributed by atoms with van der Waals surface area (Å²) in [5, 5.41) is 0. The van der Waals surface area contributed by atoms with Gasteiger partial charge in [-0.1, -0.05) is 15.9 Å². The number of carbonyl (C=O) groups excluding carboxylic acids is 1. The van der Waals surface area contributed by atoms with Crippen LogP contribution in [0.4, 0.5) is 0 Å². The van der Waals surface area contributed by atoms with E-state index in [0.29, 0.717) is 12.5 Å². The van der Waals surface area contributed by atoms with Crippen molar-refractivity contribution in [3.63, 3.8) is 0 Å². The summed E-state index contributed by atoms with van der Waals surface area (Å²) < 4.78 is 8.86. The van der Waals surface area contributed by atoms with Gasteiger partial charge in [0.1, 0.15) is 6.26 Å². The molecule has 13 heavy (non-hydrogen) atoms. The van der Waals surface area contributed by atoms with Gasteiger partial charge in [0.15, 0.2) is 4.32 Å². The number of hydrogen-bond donors (Lipinski definition) is 0. The quantitative estimate of drug-likeness (QED) is 0.605. The lowest BCUT2D eigenvalue weighted by molar-refractivity contribution is -0.146. The molecule has 0 saturated heterocycles. The number of nitrogens with zero attached hydrogens (tertiary/aromatic N) is 1. The maximum atomic E-state index is 11.4. The van der Waals surface area contributed by atoms with Crippen LogP contribution in [0.1, 0.15) is 19.7 Å². The van der Waals surface area contributed by atoms with Gasteiger partial charge in [-0.3, -0.25) is 0 Å². The Hall–Kier alpha value is -0.840. The lowest BCUT2D eigenvalue weighted by atomic mass is 10.2. The minimum absolute atomic E-state index is 0.297. The van der Waals surface area contributed by atoms with E-state index in [9.17, 15) is 4.79 Å². The van der Waals surface area contributed by atoms with Gasteiger partial charge < -0.3 is 9.15 Å². The van der Waals surface area contributed by atoms with Crippen LogP contribution in [0.15, 0.2) is 16.9 Å². The third-order valence-corrected chi connectivity index (χ3v) is 2.16. The van der Waals surface area contributed by atoms with Gasteiger partial charge in [0.05, 0.1) is 12.8 Å². The lowest BCUT2D eigenvalue weighted by Crippen LogP contribution is -2.28. The monoisotopic (exact) mass is 247 g/mol. The summed E-state index contributed by atoms with van der Waals surface area (Å²) in [6, 6.07) is 0. The first-order chi connectivity index (χ1) is 6.09. The van der Waals surface area contributed by atoms with Crippen LogP contribution in [0.3, 0.4) is 0 Å². The molecule has 0 aliphatic heterocycles. The highest BCUT2D eigenvalue weighted by atomic mass is 79.9. The van der Waals surface area contributed by atoms with Crippen molar-refractivity contribution in [3.8, 4) is 0 Å². The third-order valence-electron chi connectivity index (χ3n) is 1.49.